The summed E-state index contributed by atoms with van der Waals surface area (Å²) in [6, 6.07) is 0. The molecule has 0 spiro atoms. The lowest BCUT2D eigenvalue weighted by Gasteiger charge is -2.21. The Kier molecular flexibility index (Phi) is 51.0. The first-order chi connectivity index (χ1) is 35.2. The number of allylic oxidation sites excluding steroid dienone is 16. The van der Waals surface area contributed by atoms with Gasteiger partial charge >= 0.3 is 25.7 Å². The molecule has 0 aliphatic carbocycles. The molecule has 72 heavy (non-hydrogen) atoms. The van der Waals surface area contributed by atoms with Crippen LogP contribution in [0.3, 0.4) is 0 Å². The number of carbonyl (C=O) groups is 3. The lowest BCUT2D eigenvalue weighted by molar-refractivity contribution is -0.161. The SMILES string of the molecule is CC/C=C\C/C=C\C/C=C\CCCCCCCC(=O)OCC(COP(=O)(O)OCC(CO)OC(=O)CCCCC/C=C\C/C=C\C/C=C\CC)OC(=O)CCCCCCCCC/C=C\C/C=C\CCCCC. The van der Waals surface area contributed by atoms with E-state index < -0.39 is 57.8 Å². The molecule has 0 fully saturated rings. The number of phosphoric acid groups is 1. The van der Waals surface area contributed by atoms with E-state index in [9.17, 15) is 28.9 Å². The summed E-state index contributed by atoms with van der Waals surface area (Å²) in [6.45, 7) is 4.32. The van der Waals surface area contributed by atoms with Crippen molar-refractivity contribution < 1.29 is 52.2 Å². The van der Waals surface area contributed by atoms with Gasteiger partial charge in [-0.15, -0.1) is 0 Å². The monoisotopic (exact) mass is 1030 g/mol. The van der Waals surface area contributed by atoms with Crippen molar-refractivity contribution in [3.8, 4) is 0 Å². The van der Waals surface area contributed by atoms with Gasteiger partial charge in [0.05, 0.1) is 19.8 Å². The van der Waals surface area contributed by atoms with Gasteiger partial charge in [-0.1, -0.05) is 189 Å². The molecule has 412 valence electrons. The standard InChI is InChI=1S/C60H101O11P/c1-4-7-10-13-16-19-22-25-27-28-30-33-36-39-42-45-48-51-60(64)71-57(53-67-58(62)49-46-43-40-37-34-32-29-26-23-20-17-14-11-8-5-2)55-69-72(65,66)68-54-56(52-61)70-59(63)50-47-44-41-38-35-31-24-21-18-15-12-9-6-3/h8-9,11-12,16-21,25-27,29,31,35,56-57,61H,4-7,10,13-15,22-24,28,30,32-34,36-55H2,1-3H3,(H,65,66)/b11-8-,12-9-,19-16-,20-17-,21-18-,27-25-,29-26-,35-31-. The molecule has 0 heterocycles. The van der Waals surface area contributed by atoms with E-state index in [0.29, 0.717) is 19.3 Å². The summed E-state index contributed by atoms with van der Waals surface area (Å²) in [7, 11) is -4.76. The molecular weight excluding hydrogens is 928 g/mol. The second-order valence-corrected chi connectivity index (χ2v) is 19.8. The number of aliphatic hydroxyl groups excluding tert-OH is 1. The summed E-state index contributed by atoms with van der Waals surface area (Å²) < 4.78 is 39.4. The Hall–Kier alpha value is -3.60. The Labute approximate surface area is 438 Å². The first-order valence-corrected chi connectivity index (χ1v) is 29.6. The van der Waals surface area contributed by atoms with Crippen LogP contribution in [0.1, 0.15) is 226 Å². The molecule has 0 aromatic heterocycles. The van der Waals surface area contributed by atoms with Gasteiger partial charge in [0.25, 0.3) is 0 Å². The van der Waals surface area contributed by atoms with Gasteiger partial charge in [0, 0.05) is 19.3 Å². The molecule has 3 atom stereocenters. The number of carbonyl (C=O) groups excluding carboxylic acids is 3. The zero-order valence-electron chi connectivity index (χ0n) is 45.4. The van der Waals surface area contributed by atoms with Gasteiger partial charge in [0.15, 0.2) is 6.10 Å². The average Bonchev–Trinajstić information content (AvgIpc) is 3.37. The molecule has 0 radical (unpaired) electrons. The zero-order chi connectivity index (χ0) is 52.7. The number of hydrogen-bond acceptors (Lipinski definition) is 10. The molecule has 0 amide bonds. The number of unbranched alkanes of at least 4 members (excludes halogenated alkanes) is 18. The van der Waals surface area contributed by atoms with E-state index >= 15 is 0 Å². The summed E-state index contributed by atoms with van der Waals surface area (Å²) in [5, 5.41) is 9.79. The van der Waals surface area contributed by atoms with Crippen LogP contribution >= 0.6 is 7.82 Å². The van der Waals surface area contributed by atoms with Crippen LogP contribution in [0.25, 0.3) is 0 Å². The molecule has 11 nitrogen and oxygen atoms in total. The van der Waals surface area contributed by atoms with Crippen LogP contribution in [0.5, 0.6) is 0 Å². The fraction of sp³-hybridized carbons (Fsp3) is 0.683. The Morgan fingerprint density at radius 3 is 1.12 bits per heavy atom. The Balaban J connectivity index is 4.80. The fourth-order valence-corrected chi connectivity index (χ4v) is 8.02. The van der Waals surface area contributed by atoms with Crippen molar-refractivity contribution in [3.05, 3.63) is 97.2 Å². The van der Waals surface area contributed by atoms with Crippen molar-refractivity contribution in [1.82, 2.24) is 0 Å². The van der Waals surface area contributed by atoms with E-state index in [1.165, 1.54) is 38.5 Å². The molecule has 0 aliphatic heterocycles. The molecule has 2 N–H and O–H groups in total. The molecule has 12 heteroatoms. The second kappa shape index (κ2) is 53.7. The number of rotatable bonds is 51. The van der Waals surface area contributed by atoms with Crippen LogP contribution in [-0.4, -0.2) is 66.5 Å². The van der Waals surface area contributed by atoms with Crippen molar-refractivity contribution >= 4 is 25.7 Å². The molecule has 0 bridgehead atoms. The summed E-state index contributed by atoms with van der Waals surface area (Å²) in [5.74, 6) is -1.53. The maximum atomic E-state index is 12.9. The van der Waals surface area contributed by atoms with E-state index in [4.69, 9.17) is 23.3 Å². The van der Waals surface area contributed by atoms with E-state index in [2.05, 4.69) is 118 Å². The van der Waals surface area contributed by atoms with Crippen LogP contribution < -0.4 is 0 Å². The predicted octanol–water partition coefficient (Wildman–Crippen LogP) is 16.5. The molecule has 0 saturated heterocycles. The molecular formula is C60H101O11P. The third kappa shape index (κ3) is 51.3. The lowest BCUT2D eigenvalue weighted by Crippen LogP contribution is -2.30. The molecule has 0 saturated carbocycles. The quantitative estimate of drug-likeness (QED) is 0.0197. The number of phosphoric ester groups is 1. The van der Waals surface area contributed by atoms with E-state index in [1.54, 1.807) is 0 Å². The highest BCUT2D eigenvalue weighted by molar-refractivity contribution is 7.47. The number of esters is 3. The minimum atomic E-state index is -4.76. The lowest BCUT2D eigenvalue weighted by atomic mass is 10.1. The van der Waals surface area contributed by atoms with Crippen LogP contribution in [0.15, 0.2) is 97.2 Å². The van der Waals surface area contributed by atoms with Gasteiger partial charge in [0.1, 0.15) is 12.7 Å². The smallest absolute Gasteiger partial charge is 0.462 e. The van der Waals surface area contributed by atoms with Crippen LogP contribution in [0.2, 0.25) is 0 Å². The maximum Gasteiger partial charge on any atom is 0.472 e. The Morgan fingerprint density at radius 2 is 0.722 bits per heavy atom. The highest BCUT2D eigenvalue weighted by atomic mass is 31.2. The maximum absolute atomic E-state index is 12.9. The normalized spacial score (nSPS) is 14.1. The third-order valence-electron chi connectivity index (χ3n) is 11.5. The molecule has 3 unspecified atom stereocenters. The minimum Gasteiger partial charge on any atom is -0.462 e. The summed E-state index contributed by atoms with van der Waals surface area (Å²) in [4.78, 5) is 48.5. The molecule has 0 aliphatic rings. The highest BCUT2D eigenvalue weighted by Crippen LogP contribution is 2.43. The van der Waals surface area contributed by atoms with Crippen LogP contribution in [0, 0.1) is 0 Å². The molecule has 0 rings (SSSR count). The topological polar surface area (TPSA) is 155 Å². The summed E-state index contributed by atoms with van der Waals surface area (Å²) >= 11 is 0. The van der Waals surface area contributed by atoms with Gasteiger partial charge in [-0.3, -0.25) is 23.4 Å². The van der Waals surface area contributed by atoms with Gasteiger partial charge in [-0.2, -0.15) is 0 Å². The number of ether oxygens (including phenoxy) is 3. The average molecular weight is 1030 g/mol. The third-order valence-corrected chi connectivity index (χ3v) is 12.4. The first-order valence-electron chi connectivity index (χ1n) is 28.1. The van der Waals surface area contributed by atoms with Crippen molar-refractivity contribution in [2.75, 3.05) is 26.4 Å². The Morgan fingerprint density at radius 1 is 0.403 bits per heavy atom. The highest BCUT2D eigenvalue weighted by Gasteiger charge is 2.28. The van der Waals surface area contributed by atoms with E-state index in [1.807, 2.05) is 0 Å². The van der Waals surface area contributed by atoms with Gasteiger partial charge in [-0.05, 0) is 116 Å². The molecule has 0 aromatic rings. The van der Waals surface area contributed by atoms with Crippen molar-refractivity contribution in [1.29, 1.82) is 0 Å². The van der Waals surface area contributed by atoms with Gasteiger partial charge in [0.2, 0.25) is 0 Å². The fourth-order valence-electron chi connectivity index (χ4n) is 7.24. The predicted molar refractivity (Wildman–Crippen MR) is 297 cm³/mol. The summed E-state index contributed by atoms with van der Waals surface area (Å²) in [5.41, 5.74) is 0. The van der Waals surface area contributed by atoms with Gasteiger partial charge in [-0.25, -0.2) is 4.57 Å². The second-order valence-electron chi connectivity index (χ2n) is 18.3. The van der Waals surface area contributed by atoms with Gasteiger partial charge < -0.3 is 24.2 Å². The van der Waals surface area contributed by atoms with Crippen molar-refractivity contribution in [2.45, 2.75) is 238 Å². The number of hydrogen-bond donors (Lipinski definition) is 2. The van der Waals surface area contributed by atoms with E-state index in [-0.39, 0.29) is 25.9 Å². The first kappa shape index (κ1) is 68.4. The van der Waals surface area contributed by atoms with Crippen molar-refractivity contribution in [2.24, 2.45) is 0 Å². The van der Waals surface area contributed by atoms with Crippen LogP contribution in [0.4, 0.5) is 0 Å². The number of aliphatic hydroxyl groups is 1. The van der Waals surface area contributed by atoms with E-state index in [0.717, 1.165) is 128 Å². The van der Waals surface area contributed by atoms with Crippen LogP contribution in [-0.2, 0) is 42.2 Å². The Bertz CT molecular complexity index is 1580. The summed E-state index contributed by atoms with van der Waals surface area (Å²) in [6.07, 6.45) is 62.2. The minimum absolute atomic E-state index is 0.136. The largest absolute Gasteiger partial charge is 0.472 e. The zero-order valence-corrected chi connectivity index (χ0v) is 46.3. The molecule has 0 aromatic carbocycles. The van der Waals surface area contributed by atoms with Crippen molar-refractivity contribution in [3.63, 3.8) is 0 Å².